The zero-order valence-electron chi connectivity index (χ0n) is 11.4. The van der Waals surface area contributed by atoms with E-state index in [0.717, 1.165) is 6.07 Å². The number of hydrogen-bond donors (Lipinski definition) is 1. The van der Waals surface area contributed by atoms with E-state index in [-0.39, 0.29) is 18.3 Å². The fourth-order valence-corrected chi connectivity index (χ4v) is 2.42. The quantitative estimate of drug-likeness (QED) is 0.631. The Labute approximate surface area is 115 Å². The van der Waals surface area contributed by atoms with Gasteiger partial charge in [0.05, 0.1) is 12.2 Å². The summed E-state index contributed by atoms with van der Waals surface area (Å²) in [7, 11) is 3.76. The molecule has 20 heavy (non-hydrogen) atoms. The Morgan fingerprint density at radius 2 is 2.30 bits per heavy atom. The summed E-state index contributed by atoms with van der Waals surface area (Å²) in [5.74, 6) is -0.965. The van der Waals surface area contributed by atoms with Crippen molar-refractivity contribution in [3.63, 3.8) is 0 Å². The second-order valence-electron chi connectivity index (χ2n) is 5.16. The van der Waals surface area contributed by atoms with Crippen molar-refractivity contribution < 1.29 is 19.2 Å². The van der Waals surface area contributed by atoms with Gasteiger partial charge in [0, 0.05) is 19.1 Å². The van der Waals surface area contributed by atoms with Crippen LogP contribution in [0.3, 0.4) is 0 Å². The molecule has 0 spiro atoms. The van der Waals surface area contributed by atoms with Crippen LogP contribution in [0, 0.1) is 10.1 Å². The van der Waals surface area contributed by atoms with Crippen molar-refractivity contribution in [1.82, 2.24) is 9.80 Å². The minimum Gasteiger partial charge on any atom is -0.395 e. The average molecular weight is 283 g/mol. The fourth-order valence-electron chi connectivity index (χ4n) is 2.42. The van der Waals surface area contributed by atoms with E-state index in [1.807, 2.05) is 19.0 Å². The molecule has 0 bridgehead atoms. The molecule has 1 saturated heterocycles. The number of amides is 1. The van der Waals surface area contributed by atoms with Crippen LogP contribution in [0.2, 0.25) is 0 Å². The van der Waals surface area contributed by atoms with E-state index in [0.29, 0.717) is 13.0 Å². The summed E-state index contributed by atoms with van der Waals surface area (Å²) in [6, 6.07) is 2.31. The van der Waals surface area contributed by atoms with E-state index in [9.17, 15) is 20.0 Å². The van der Waals surface area contributed by atoms with Gasteiger partial charge in [-0.1, -0.05) is 0 Å². The molecule has 1 aliphatic rings. The SMILES string of the molecule is CN(C)CC1CC(O)CN1C(=O)c1ccc([N+](=O)[O-])o1. The molecule has 0 aliphatic carbocycles. The van der Waals surface area contributed by atoms with Crippen molar-refractivity contribution in [2.75, 3.05) is 27.2 Å². The maximum absolute atomic E-state index is 12.3. The molecule has 1 aromatic rings. The number of likely N-dealkylation sites (N-methyl/N-ethyl adjacent to an activating group) is 1. The number of rotatable bonds is 4. The lowest BCUT2D eigenvalue weighted by molar-refractivity contribution is -0.402. The molecule has 1 fully saturated rings. The Bertz CT molecular complexity index is 513. The van der Waals surface area contributed by atoms with Gasteiger partial charge in [-0.2, -0.15) is 0 Å². The fraction of sp³-hybridized carbons (Fsp3) is 0.583. The van der Waals surface area contributed by atoms with Crippen molar-refractivity contribution in [2.24, 2.45) is 0 Å². The molecule has 0 radical (unpaired) electrons. The van der Waals surface area contributed by atoms with E-state index in [1.165, 1.54) is 11.0 Å². The van der Waals surface area contributed by atoms with Crippen molar-refractivity contribution in [3.8, 4) is 0 Å². The van der Waals surface area contributed by atoms with Gasteiger partial charge in [-0.3, -0.25) is 14.9 Å². The van der Waals surface area contributed by atoms with Gasteiger partial charge in [-0.05, 0) is 26.6 Å². The first-order valence-corrected chi connectivity index (χ1v) is 6.26. The molecule has 2 atom stereocenters. The van der Waals surface area contributed by atoms with Gasteiger partial charge in [-0.15, -0.1) is 0 Å². The van der Waals surface area contributed by atoms with Crippen LogP contribution >= 0.6 is 0 Å². The number of furan rings is 1. The Hall–Kier alpha value is -1.93. The van der Waals surface area contributed by atoms with Gasteiger partial charge in [-0.25, -0.2) is 0 Å². The summed E-state index contributed by atoms with van der Waals surface area (Å²) >= 11 is 0. The zero-order chi connectivity index (χ0) is 14.9. The highest BCUT2D eigenvalue weighted by Gasteiger charge is 2.36. The highest BCUT2D eigenvalue weighted by molar-refractivity contribution is 5.92. The molecule has 0 aromatic carbocycles. The number of carbonyl (C=O) groups is 1. The predicted molar refractivity (Wildman–Crippen MR) is 69.4 cm³/mol. The summed E-state index contributed by atoms with van der Waals surface area (Å²) < 4.78 is 4.92. The van der Waals surface area contributed by atoms with E-state index in [2.05, 4.69) is 0 Å². The minimum absolute atomic E-state index is 0.0745. The molecule has 1 aliphatic heterocycles. The topological polar surface area (TPSA) is 100 Å². The van der Waals surface area contributed by atoms with Crippen molar-refractivity contribution in [1.29, 1.82) is 0 Å². The van der Waals surface area contributed by atoms with Crippen LogP contribution in [0.5, 0.6) is 0 Å². The van der Waals surface area contributed by atoms with Crippen LogP contribution in [-0.2, 0) is 0 Å². The molecule has 8 nitrogen and oxygen atoms in total. The van der Waals surface area contributed by atoms with Gasteiger partial charge in [0.25, 0.3) is 5.91 Å². The number of nitro groups is 1. The summed E-state index contributed by atoms with van der Waals surface area (Å²) in [6.07, 6.45) is -0.0824. The normalized spacial score (nSPS) is 22.5. The lowest BCUT2D eigenvalue weighted by atomic mass is 10.2. The van der Waals surface area contributed by atoms with Crippen LogP contribution in [0.4, 0.5) is 5.88 Å². The Balaban J connectivity index is 2.15. The molecule has 1 N–H and O–H groups in total. The van der Waals surface area contributed by atoms with Gasteiger partial charge < -0.3 is 19.3 Å². The number of likely N-dealkylation sites (tertiary alicyclic amines) is 1. The molecule has 2 unspecified atom stereocenters. The maximum Gasteiger partial charge on any atom is 0.433 e. The van der Waals surface area contributed by atoms with E-state index in [1.54, 1.807) is 0 Å². The molecule has 2 rings (SSSR count). The standard InChI is InChI=1S/C12H17N3O5/c1-13(2)6-8-5-9(16)7-14(8)12(17)10-3-4-11(20-10)15(18)19/h3-4,8-9,16H,5-7H2,1-2H3. The number of aliphatic hydroxyl groups is 1. The second kappa shape index (κ2) is 5.59. The first-order valence-electron chi connectivity index (χ1n) is 6.26. The third-order valence-electron chi connectivity index (χ3n) is 3.21. The lowest BCUT2D eigenvalue weighted by Gasteiger charge is -2.25. The third kappa shape index (κ3) is 2.97. The molecule has 0 saturated carbocycles. The smallest absolute Gasteiger partial charge is 0.395 e. The maximum atomic E-state index is 12.3. The second-order valence-corrected chi connectivity index (χ2v) is 5.16. The number of β-amino-alcohol motifs (C(OH)–C–C–N with tert-alkyl or cyclic N) is 1. The molecule has 8 heteroatoms. The van der Waals surface area contributed by atoms with Gasteiger partial charge in [0.2, 0.25) is 0 Å². The number of nitrogens with zero attached hydrogens (tertiary/aromatic N) is 3. The summed E-state index contributed by atoms with van der Waals surface area (Å²) in [5, 5.41) is 20.3. The zero-order valence-corrected chi connectivity index (χ0v) is 11.4. The van der Waals surface area contributed by atoms with Crippen LogP contribution in [0.15, 0.2) is 16.5 Å². The summed E-state index contributed by atoms with van der Waals surface area (Å²) in [5.41, 5.74) is 0. The monoisotopic (exact) mass is 283 g/mol. The summed E-state index contributed by atoms with van der Waals surface area (Å²) in [4.78, 5) is 25.6. The van der Waals surface area contributed by atoms with Gasteiger partial charge in [0.15, 0.2) is 5.76 Å². The molecule has 1 aromatic heterocycles. The molecular weight excluding hydrogens is 266 g/mol. The van der Waals surface area contributed by atoms with Crippen molar-refractivity contribution >= 4 is 11.8 Å². The van der Waals surface area contributed by atoms with Gasteiger partial charge >= 0.3 is 5.88 Å². The highest BCUT2D eigenvalue weighted by Crippen LogP contribution is 2.23. The first kappa shape index (κ1) is 14.5. The summed E-state index contributed by atoms with van der Waals surface area (Å²) in [6.45, 7) is 0.831. The highest BCUT2D eigenvalue weighted by atomic mass is 16.6. The predicted octanol–water partition coefficient (Wildman–Crippen LogP) is 0.325. The van der Waals surface area contributed by atoms with Crippen LogP contribution in [0.1, 0.15) is 17.0 Å². The third-order valence-corrected chi connectivity index (χ3v) is 3.21. The lowest BCUT2D eigenvalue weighted by Crippen LogP contribution is -2.41. The van der Waals surface area contributed by atoms with Crippen molar-refractivity contribution in [3.05, 3.63) is 28.0 Å². The minimum atomic E-state index is -0.688. The van der Waals surface area contributed by atoms with Crippen molar-refractivity contribution in [2.45, 2.75) is 18.6 Å². The van der Waals surface area contributed by atoms with Crippen LogP contribution < -0.4 is 0 Å². The Morgan fingerprint density at radius 1 is 1.60 bits per heavy atom. The van der Waals surface area contributed by atoms with E-state index < -0.39 is 22.8 Å². The Morgan fingerprint density at radius 3 is 2.85 bits per heavy atom. The number of hydrogen-bond acceptors (Lipinski definition) is 6. The first-order chi connectivity index (χ1) is 9.38. The van der Waals surface area contributed by atoms with Crippen LogP contribution in [-0.4, -0.2) is 65.1 Å². The van der Waals surface area contributed by atoms with E-state index in [4.69, 9.17) is 4.42 Å². The molecule has 110 valence electrons. The average Bonchev–Trinajstić information content (AvgIpc) is 2.94. The van der Waals surface area contributed by atoms with Crippen LogP contribution in [0.25, 0.3) is 0 Å². The Kier molecular flexibility index (Phi) is 4.05. The molecule has 2 heterocycles. The largest absolute Gasteiger partial charge is 0.433 e. The number of carbonyl (C=O) groups excluding carboxylic acids is 1. The van der Waals surface area contributed by atoms with E-state index >= 15 is 0 Å². The number of aliphatic hydroxyl groups excluding tert-OH is 1. The molecule has 1 amide bonds. The van der Waals surface area contributed by atoms with Gasteiger partial charge in [0.1, 0.15) is 4.92 Å². The molecular formula is C12H17N3O5.